The number of nitrogens with one attached hydrogen (secondary N) is 2. The molecule has 0 aliphatic heterocycles. The van der Waals surface area contributed by atoms with Crippen LogP contribution in [0.3, 0.4) is 0 Å². The van der Waals surface area contributed by atoms with Gasteiger partial charge in [0.05, 0.1) is 0 Å². The molecule has 0 saturated heterocycles. The molecular weight excluding hydrogens is 280 g/mol. The molecule has 0 atom stereocenters. The van der Waals surface area contributed by atoms with Crippen molar-refractivity contribution in [2.45, 2.75) is 58.0 Å². The number of alkyl carbamates (subject to hydrolysis) is 1. The molecule has 6 nitrogen and oxygen atoms in total. The standard InChI is InChI=1S/C16H26N4O2/c1-16(2,3)22-15(21)19-11-10-18-14-17-9-8-13(20-14)12-6-4-5-7-12/h8-9,12H,4-7,10-11H2,1-3H3,(H,19,21)(H,17,18,20). The molecule has 2 rings (SSSR count). The molecule has 1 aliphatic carbocycles. The molecule has 6 heteroatoms. The van der Waals surface area contributed by atoms with Crippen LogP contribution in [0, 0.1) is 0 Å². The van der Waals surface area contributed by atoms with E-state index in [1.807, 2.05) is 26.8 Å². The average Bonchev–Trinajstić information content (AvgIpc) is 2.96. The first kappa shape index (κ1) is 16.5. The largest absolute Gasteiger partial charge is 0.444 e. The van der Waals surface area contributed by atoms with Crippen LogP contribution in [0.1, 0.15) is 58.1 Å². The van der Waals surface area contributed by atoms with Crippen molar-refractivity contribution in [1.82, 2.24) is 15.3 Å². The average molecular weight is 306 g/mol. The maximum atomic E-state index is 11.5. The number of aromatic nitrogens is 2. The first-order valence-electron chi connectivity index (χ1n) is 7.98. The van der Waals surface area contributed by atoms with Gasteiger partial charge in [0.1, 0.15) is 5.60 Å². The molecule has 0 spiro atoms. The van der Waals surface area contributed by atoms with Crippen molar-refractivity contribution in [1.29, 1.82) is 0 Å². The number of nitrogens with zero attached hydrogens (tertiary/aromatic N) is 2. The summed E-state index contributed by atoms with van der Waals surface area (Å²) in [4.78, 5) is 20.3. The molecule has 0 radical (unpaired) electrons. The Morgan fingerprint density at radius 1 is 1.32 bits per heavy atom. The third-order valence-corrected chi connectivity index (χ3v) is 3.53. The number of anilines is 1. The summed E-state index contributed by atoms with van der Waals surface area (Å²) in [6.07, 6.45) is 6.40. The Morgan fingerprint density at radius 2 is 2.05 bits per heavy atom. The molecule has 0 aromatic carbocycles. The van der Waals surface area contributed by atoms with Gasteiger partial charge in [0, 0.05) is 30.9 Å². The molecule has 2 N–H and O–H groups in total. The van der Waals surface area contributed by atoms with Crippen LogP contribution in [0.5, 0.6) is 0 Å². The summed E-state index contributed by atoms with van der Waals surface area (Å²) < 4.78 is 5.17. The highest BCUT2D eigenvalue weighted by Gasteiger charge is 2.18. The fourth-order valence-electron chi connectivity index (χ4n) is 2.56. The maximum absolute atomic E-state index is 11.5. The van der Waals surface area contributed by atoms with Gasteiger partial charge in [-0.2, -0.15) is 0 Å². The molecule has 1 aromatic rings. The van der Waals surface area contributed by atoms with Gasteiger partial charge < -0.3 is 15.4 Å². The number of carbonyl (C=O) groups is 1. The van der Waals surface area contributed by atoms with Crippen LogP contribution in [0.2, 0.25) is 0 Å². The van der Waals surface area contributed by atoms with Crippen LogP contribution in [0.15, 0.2) is 12.3 Å². The Balaban J connectivity index is 1.73. The van der Waals surface area contributed by atoms with Gasteiger partial charge in [-0.25, -0.2) is 14.8 Å². The minimum atomic E-state index is -0.476. The lowest BCUT2D eigenvalue weighted by atomic mass is 10.0. The molecule has 122 valence electrons. The summed E-state index contributed by atoms with van der Waals surface area (Å²) >= 11 is 0. The second-order valence-electron chi connectivity index (χ2n) is 6.64. The molecule has 1 saturated carbocycles. The Hall–Kier alpha value is -1.85. The molecule has 0 bridgehead atoms. The van der Waals surface area contributed by atoms with E-state index in [0.29, 0.717) is 25.0 Å². The number of rotatable bonds is 5. The normalized spacial score (nSPS) is 15.6. The quantitative estimate of drug-likeness (QED) is 0.818. The van der Waals surface area contributed by atoms with E-state index in [-0.39, 0.29) is 0 Å². The monoisotopic (exact) mass is 306 g/mol. The van der Waals surface area contributed by atoms with E-state index in [1.54, 1.807) is 6.20 Å². The van der Waals surface area contributed by atoms with Crippen LogP contribution in [0.4, 0.5) is 10.7 Å². The summed E-state index contributed by atoms with van der Waals surface area (Å²) in [5, 5.41) is 5.83. The van der Waals surface area contributed by atoms with Gasteiger partial charge in [-0.05, 0) is 39.7 Å². The zero-order chi connectivity index (χ0) is 16.0. The minimum Gasteiger partial charge on any atom is -0.444 e. The number of ether oxygens (including phenoxy) is 1. The van der Waals surface area contributed by atoms with Crippen molar-refractivity contribution in [2.24, 2.45) is 0 Å². The summed E-state index contributed by atoms with van der Waals surface area (Å²) in [6, 6.07) is 2.00. The molecule has 22 heavy (non-hydrogen) atoms. The minimum absolute atomic E-state index is 0.407. The zero-order valence-corrected chi connectivity index (χ0v) is 13.7. The van der Waals surface area contributed by atoms with Crippen molar-refractivity contribution in [3.05, 3.63) is 18.0 Å². The summed E-state index contributed by atoms with van der Waals surface area (Å²) in [7, 11) is 0. The van der Waals surface area contributed by atoms with Crippen molar-refractivity contribution in [2.75, 3.05) is 18.4 Å². The smallest absolute Gasteiger partial charge is 0.407 e. The second-order valence-corrected chi connectivity index (χ2v) is 6.64. The highest BCUT2D eigenvalue weighted by Crippen LogP contribution is 2.32. The van der Waals surface area contributed by atoms with E-state index in [4.69, 9.17) is 4.74 Å². The number of hydrogen-bond acceptors (Lipinski definition) is 5. The summed E-state index contributed by atoms with van der Waals surface area (Å²) in [5.41, 5.74) is 0.645. The first-order valence-corrected chi connectivity index (χ1v) is 7.98. The van der Waals surface area contributed by atoms with Gasteiger partial charge in [0.25, 0.3) is 0 Å². The van der Waals surface area contributed by atoms with Crippen LogP contribution < -0.4 is 10.6 Å². The number of amides is 1. The Labute approximate surface area is 132 Å². The van der Waals surface area contributed by atoms with E-state index in [9.17, 15) is 4.79 Å². The van der Waals surface area contributed by atoms with E-state index >= 15 is 0 Å². The van der Waals surface area contributed by atoms with Crippen LogP contribution in [-0.4, -0.2) is 34.8 Å². The number of hydrogen-bond donors (Lipinski definition) is 2. The maximum Gasteiger partial charge on any atom is 0.407 e. The molecular formula is C16H26N4O2. The molecule has 1 fully saturated rings. The van der Waals surface area contributed by atoms with Crippen molar-refractivity contribution in [3.8, 4) is 0 Å². The van der Waals surface area contributed by atoms with Gasteiger partial charge in [-0.1, -0.05) is 12.8 Å². The molecule has 0 unspecified atom stereocenters. The first-order chi connectivity index (χ1) is 10.4. The second kappa shape index (κ2) is 7.42. The fraction of sp³-hybridized carbons (Fsp3) is 0.688. The Kier molecular flexibility index (Phi) is 5.57. The molecule has 1 amide bonds. The third-order valence-electron chi connectivity index (χ3n) is 3.53. The van der Waals surface area contributed by atoms with Gasteiger partial charge in [0.2, 0.25) is 5.95 Å². The SMILES string of the molecule is CC(C)(C)OC(=O)NCCNc1nccc(C2CCCC2)n1. The van der Waals surface area contributed by atoms with E-state index in [2.05, 4.69) is 20.6 Å². The summed E-state index contributed by atoms with van der Waals surface area (Å²) in [5.74, 6) is 1.19. The van der Waals surface area contributed by atoms with Gasteiger partial charge in [-0.15, -0.1) is 0 Å². The lowest BCUT2D eigenvalue weighted by Gasteiger charge is -2.19. The van der Waals surface area contributed by atoms with Gasteiger partial charge in [0.15, 0.2) is 0 Å². The van der Waals surface area contributed by atoms with Gasteiger partial charge >= 0.3 is 6.09 Å². The van der Waals surface area contributed by atoms with E-state index in [0.717, 1.165) is 5.69 Å². The Morgan fingerprint density at radius 3 is 2.73 bits per heavy atom. The zero-order valence-electron chi connectivity index (χ0n) is 13.7. The fourth-order valence-corrected chi connectivity index (χ4v) is 2.56. The van der Waals surface area contributed by atoms with Gasteiger partial charge in [-0.3, -0.25) is 0 Å². The highest BCUT2D eigenvalue weighted by molar-refractivity contribution is 5.67. The van der Waals surface area contributed by atoms with Crippen LogP contribution in [0.25, 0.3) is 0 Å². The predicted octanol–water partition coefficient (Wildman–Crippen LogP) is 3.07. The Bertz CT molecular complexity index is 493. The summed E-state index contributed by atoms with van der Waals surface area (Å²) in [6.45, 7) is 6.55. The van der Waals surface area contributed by atoms with Crippen LogP contribution >= 0.6 is 0 Å². The van der Waals surface area contributed by atoms with Crippen molar-refractivity contribution < 1.29 is 9.53 Å². The van der Waals surface area contributed by atoms with Crippen molar-refractivity contribution in [3.63, 3.8) is 0 Å². The lowest BCUT2D eigenvalue weighted by Crippen LogP contribution is -2.35. The molecule has 1 heterocycles. The topological polar surface area (TPSA) is 76.1 Å². The van der Waals surface area contributed by atoms with E-state index < -0.39 is 11.7 Å². The van der Waals surface area contributed by atoms with E-state index in [1.165, 1.54) is 25.7 Å². The predicted molar refractivity (Wildman–Crippen MR) is 86.0 cm³/mol. The third kappa shape index (κ3) is 5.50. The number of carbonyl (C=O) groups excluding carboxylic acids is 1. The van der Waals surface area contributed by atoms with Crippen molar-refractivity contribution >= 4 is 12.0 Å². The molecule has 1 aliphatic rings. The lowest BCUT2D eigenvalue weighted by molar-refractivity contribution is 0.0530. The van der Waals surface area contributed by atoms with Crippen LogP contribution in [-0.2, 0) is 4.74 Å². The highest BCUT2D eigenvalue weighted by atomic mass is 16.6. The molecule has 1 aromatic heterocycles.